The van der Waals surface area contributed by atoms with E-state index in [0.717, 1.165) is 25.7 Å². The lowest BCUT2D eigenvalue weighted by atomic mass is 9.91. The molecule has 4 rings (SSSR count). The van der Waals surface area contributed by atoms with Crippen molar-refractivity contribution in [3.8, 4) is 0 Å². The summed E-state index contributed by atoms with van der Waals surface area (Å²) in [5, 5.41) is 13.2. The molecule has 2 aliphatic carbocycles. The molecule has 0 fully saturated rings. The summed E-state index contributed by atoms with van der Waals surface area (Å²) in [6.45, 7) is 0. The molecule has 92 valence electrons. The monoisotopic (exact) mass is 238 g/mol. The van der Waals surface area contributed by atoms with Crippen molar-refractivity contribution in [1.29, 1.82) is 0 Å². The first-order valence-corrected chi connectivity index (χ1v) is 7.09. The molecular weight excluding hydrogens is 220 g/mol. The molecule has 0 unspecified atom stereocenters. The molecule has 1 nitrogen and oxygen atoms in total. The van der Waals surface area contributed by atoms with Crippen LogP contribution in [-0.4, -0.2) is 5.11 Å². The Balaban J connectivity index is 2.09. The van der Waals surface area contributed by atoms with Crippen molar-refractivity contribution in [1.82, 2.24) is 0 Å². The molecule has 2 aromatic rings. The zero-order valence-corrected chi connectivity index (χ0v) is 10.6. The molecule has 0 saturated heterocycles. The van der Waals surface area contributed by atoms with Gasteiger partial charge in [-0.15, -0.1) is 0 Å². The van der Waals surface area contributed by atoms with Crippen molar-refractivity contribution in [2.24, 2.45) is 0 Å². The quantitative estimate of drug-likeness (QED) is 0.694. The summed E-state index contributed by atoms with van der Waals surface area (Å²) >= 11 is 0. The van der Waals surface area contributed by atoms with Crippen molar-refractivity contribution in [3.05, 3.63) is 46.5 Å². The maximum Gasteiger partial charge on any atom is 0.0793 e. The van der Waals surface area contributed by atoms with Crippen LogP contribution in [0.3, 0.4) is 0 Å². The van der Waals surface area contributed by atoms with Gasteiger partial charge in [0.25, 0.3) is 0 Å². The Morgan fingerprint density at radius 2 is 1.89 bits per heavy atom. The second-order valence-electron chi connectivity index (χ2n) is 5.70. The smallest absolute Gasteiger partial charge is 0.0793 e. The molecule has 1 N–H and O–H groups in total. The van der Waals surface area contributed by atoms with Crippen LogP contribution in [-0.2, 0) is 19.3 Å². The normalized spacial score (nSPS) is 21.9. The van der Waals surface area contributed by atoms with E-state index in [9.17, 15) is 5.11 Å². The number of aryl methyl sites for hydroxylation is 3. The second kappa shape index (κ2) is 3.83. The summed E-state index contributed by atoms with van der Waals surface area (Å²) in [6, 6.07) is 9.00. The zero-order valence-electron chi connectivity index (χ0n) is 10.6. The highest BCUT2D eigenvalue weighted by Crippen LogP contribution is 2.39. The number of fused-ring (bicyclic) bond motifs is 2. The molecule has 0 heterocycles. The molecule has 0 aliphatic heterocycles. The van der Waals surface area contributed by atoms with E-state index in [1.54, 1.807) is 0 Å². The topological polar surface area (TPSA) is 20.2 Å². The van der Waals surface area contributed by atoms with Gasteiger partial charge in [0.1, 0.15) is 0 Å². The van der Waals surface area contributed by atoms with Crippen LogP contribution >= 0.6 is 0 Å². The van der Waals surface area contributed by atoms with Gasteiger partial charge in [-0.1, -0.05) is 30.7 Å². The van der Waals surface area contributed by atoms with Crippen LogP contribution in [0.4, 0.5) is 0 Å². The Hall–Kier alpha value is -1.34. The molecule has 0 bridgehead atoms. The Bertz CT molecular complexity index is 627. The van der Waals surface area contributed by atoms with Gasteiger partial charge in [0, 0.05) is 0 Å². The van der Waals surface area contributed by atoms with Crippen LogP contribution in [0.2, 0.25) is 0 Å². The lowest BCUT2D eigenvalue weighted by molar-refractivity contribution is 0.166. The number of hydrogen-bond acceptors (Lipinski definition) is 1. The maximum atomic E-state index is 10.3. The van der Waals surface area contributed by atoms with E-state index in [1.165, 1.54) is 45.9 Å². The molecule has 1 atom stereocenters. The van der Waals surface area contributed by atoms with Crippen LogP contribution in [0.15, 0.2) is 24.3 Å². The Labute approximate surface area is 107 Å². The average Bonchev–Trinajstić information content (AvgIpc) is 2.71. The van der Waals surface area contributed by atoms with Gasteiger partial charge in [0.15, 0.2) is 0 Å². The van der Waals surface area contributed by atoms with Gasteiger partial charge in [-0.25, -0.2) is 0 Å². The second-order valence-corrected chi connectivity index (χ2v) is 5.70. The van der Waals surface area contributed by atoms with Gasteiger partial charge < -0.3 is 5.11 Å². The molecule has 2 aliphatic rings. The number of hydrogen-bond donors (Lipinski definition) is 1. The van der Waals surface area contributed by atoms with Gasteiger partial charge in [-0.3, -0.25) is 0 Å². The fraction of sp³-hybridized carbons (Fsp3) is 0.412. The van der Waals surface area contributed by atoms with Gasteiger partial charge in [0.2, 0.25) is 0 Å². The minimum absolute atomic E-state index is 0.243. The number of aliphatic hydroxyl groups is 1. The SMILES string of the molecule is O[C@H]1CCCCc2c1cc1c3c(cccc23)CC1. The minimum Gasteiger partial charge on any atom is -0.388 e. The van der Waals surface area contributed by atoms with E-state index in [4.69, 9.17) is 0 Å². The third kappa shape index (κ3) is 1.37. The van der Waals surface area contributed by atoms with Crippen LogP contribution in [0.25, 0.3) is 10.8 Å². The number of benzene rings is 2. The first-order chi connectivity index (χ1) is 8.84. The lowest BCUT2D eigenvalue weighted by Crippen LogP contribution is -2.01. The minimum atomic E-state index is -0.243. The van der Waals surface area contributed by atoms with E-state index >= 15 is 0 Å². The average molecular weight is 238 g/mol. The van der Waals surface area contributed by atoms with E-state index in [1.807, 2.05) is 0 Å². The summed E-state index contributed by atoms with van der Waals surface area (Å²) < 4.78 is 0. The molecule has 0 saturated carbocycles. The predicted octanol–water partition coefficient (Wildman–Crippen LogP) is 3.70. The van der Waals surface area contributed by atoms with Gasteiger partial charge in [-0.05, 0) is 65.1 Å². The maximum absolute atomic E-state index is 10.3. The zero-order chi connectivity index (χ0) is 12.1. The summed E-state index contributed by atoms with van der Waals surface area (Å²) in [5.74, 6) is 0. The van der Waals surface area contributed by atoms with Crippen LogP contribution in [0.5, 0.6) is 0 Å². The van der Waals surface area contributed by atoms with Crippen LogP contribution < -0.4 is 0 Å². The van der Waals surface area contributed by atoms with Crippen molar-refractivity contribution >= 4 is 10.8 Å². The highest BCUT2D eigenvalue weighted by molar-refractivity contribution is 5.94. The fourth-order valence-electron chi connectivity index (χ4n) is 3.78. The lowest BCUT2D eigenvalue weighted by Gasteiger charge is -2.16. The Morgan fingerprint density at radius 1 is 1.00 bits per heavy atom. The molecule has 0 amide bonds. The van der Waals surface area contributed by atoms with Crippen LogP contribution in [0, 0.1) is 0 Å². The predicted molar refractivity (Wildman–Crippen MR) is 73.9 cm³/mol. The highest BCUT2D eigenvalue weighted by atomic mass is 16.3. The Kier molecular flexibility index (Phi) is 2.25. The van der Waals surface area contributed by atoms with Gasteiger partial charge in [0.05, 0.1) is 6.10 Å². The van der Waals surface area contributed by atoms with Gasteiger partial charge in [-0.2, -0.15) is 0 Å². The number of aliphatic hydroxyl groups excluding tert-OH is 1. The van der Waals surface area contributed by atoms with Crippen molar-refractivity contribution in [2.75, 3.05) is 0 Å². The first kappa shape index (κ1) is 10.6. The molecule has 18 heavy (non-hydrogen) atoms. The summed E-state index contributed by atoms with van der Waals surface area (Å²) in [6.07, 6.45) is 6.49. The van der Waals surface area contributed by atoms with Crippen LogP contribution in [0.1, 0.15) is 47.6 Å². The van der Waals surface area contributed by atoms with Crippen molar-refractivity contribution in [2.45, 2.75) is 44.6 Å². The summed E-state index contributed by atoms with van der Waals surface area (Å²) in [7, 11) is 0. The highest BCUT2D eigenvalue weighted by Gasteiger charge is 2.23. The summed E-state index contributed by atoms with van der Waals surface area (Å²) in [4.78, 5) is 0. The number of rotatable bonds is 0. The first-order valence-electron chi connectivity index (χ1n) is 7.09. The molecule has 2 aromatic carbocycles. The van der Waals surface area contributed by atoms with Crippen molar-refractivity contribution < 1.29 is 5.11 Å². The molecular formula is C17H18O. The standard InChI is InChI=1S/C17H18O/c18-16-7-2-1-5-13-14-6-3-4-11-8-9-12(17(11)14)10-15(13)16/h3-4,6,10,16,18H,1-2,5,7-9H2/t16-/m0/s1. The fourth-order valence-corrected chi connectivity index (χ4v) is 3.78. The summed E-state index contributed by atoms with van der Waals surface area (Å²) in [5.41, 5.74) is 5.60. The molecule has 0 spiro atoms. The van der Waals surface area contributed by atoms with E-state index in [0.29, 0.717) is 0 Å². The third-order valence-electron chi connectivity index (χ3n) is 4.65. The van der Waals surface area contributed by atoms with E-state index in [2.05, 4.69) is 24.3 Å². The van der Waals surface area contributed by atoms with E-state index < -0.39 is 0 Å². The van der Waals surface area contributed by atoms with Gasteiger partial charge >= 0.3 is 0 Å². The van der Waals surface area contributed by atoms with Crippen molar-refractivity contribution in [3.63, 3.8) is 0 Å². The largest absolute Gasteiger partial charge is 0.388 e. The Morgan fingerprint density at radius 3 is 2.83 bits per heavy atom. The van der Waals surface area contributed by atoms with E-state index in [-0.39, 0.29) is 6.10 Å². The molecule has 1 heteroatoms. The molecule has 0 radical (unpaired) electrons. The third-order valence-corrected chi connectivity index (χ3v) is 4.65. The molecule has 0 aromatic heterocycles.